The Morgan fingerprint density at radius 1 is 1.50 bits per heavy atom. The fourth-order valence-corrected chi connectivity index (χ4v) is 2.37. The molecule has 1 unspecified atom stereocenters. The highest BCUT2D eigenvalue weighted by molar-refractivity contribution is 5.77. The lowest BCUT2D eigenvalue weighted by molar-refractivity contribution is -0.142. The Morgan fingerprint density at radius 2 is 2.25 bits per heavy atom. The molecule has 0 radical (unpaired) electrons. The van der Waals surface area contributed by atoms with Crippen LogP contribution in [0.3, 0.4) is 0 Å². The van der Waals surface area contributed by atoms with Crippen molar-refractivity contribution in [2.75, 3.05) is 24.6 Å². The number of hydrogen-bond acceptors (Lipinski definition) is 4. The van der Waals surface area contributed by atoms with Crippen molar-refractivity contribution in [2.24, 2.45) is 5.73 Å². The largest absolute Gasteiger partial charge is 0.491 e. The van der Waals surface area contributed by atoms with E-state index in [1.54, 1.807) is 6.92 Å². The van der Waals surface area contributed by atoms with Gasteiger partial charge in [0, 0.05) is 13.1 Å². The Bertz CT molecular complexity index is 474. The van der Waals surface area contributed by atoms with Gasteiger partial charge in [-0.25, -0.2) is 0 Å². The van der Waals surface area contributed by atoms with E-state index < -0.39 is 11.5 Å². The van der Waals surface area contributed by atoms with Crippen molar-refractivity contribution in [1.29, 1.82) is 0 Å². The summed E-state index contributed by atoms with van der Waals surface area (Å²) >= 11 is 0. The van der Waals surface area contributed by atoms with Crippen molar-refractivity contribution in [3.05, 3.63) is 24.3 Å². The highest BCUT2D eigenvalue weighted by atomic mass is 16.5. The Hall–Kier alpha value is -1.75. The van der Waals surface area contributed by atoms with Gasteiger partial charge in [0.05, 0.1) is 12.3 Å². The number of anilines is 1. The first-order valence-corrected chi connectivity index (χ1v) is 7.00. The maximum Gasteiger partial charge on any atom is 0.323 e. The summed E-state index contributed by atoms with van der Waals surface area (Å²) in [5.41, 5.74) is 5.69. The predicted octanol–water partition coefficient (Wildman–Crippen LogP) is 1.86. The zero-order valence-electron chi connectivity index (χ0n) is 11.8. The summed E-state index contributed by atoms with van der Waals surface area (Å²) < 4.78 is 5.70. The fraction of sp³-hybridized carbons (Fsp3) is 0.533. The van der Waals surface area contributed by atoms with Gasteiger partial charge in [0.15, 0.2) is 0 Å². The van der Waals surface area contributed by atoms with E-state index in [2.05, 4.69) is 4.90 Å². The van der Waals surface area contributed by atoms with Crippen LogP contribution in [0.1, 0.15) is 26.2 Å². The van der Waals surface area contributed by atoms with E-state index in [-0.39, 0.29) is 0 Å². The molecule has 1 atom stereocenters. The third-order valence-electron chi connectivity index (χ3n) is 3.65. The van der Waals surface area contributed by atoms with Gasteiger partial charge < -0.3 is 20.5 Å². The molecule has 2 rings (SSSR count). The van der Waals surface area contributed by atoms with Crippen LogP contribution >= 0.6 is 0 Å². The van der Waals surface area contributed by atoms with Crippen LogP contribution in [0.25, 0.3) is 0 Å². The smallest absolute Gasteiger partial charge is 0.323 e. The van der Waals surface area contributed by atoms with E-state index in [9.17, 15) is 4.79 Å². The number of nitrogens with zero attached hydrogens (tertiary/aromatic N) is 1. The lowest BCUT2D eigenvalue weighted by Crippen LogP contribution is -2.45. The van der Waals surface area contributed by atoms with Crippen molar-refractivity contribution in [3.8, 4) is 5.75 Å². The highest BCUT2D eigenvalue weighted by Gasteiger charge is 2.27. The molecule has 3 N–H and O–H groups in total. The summed E-state index contributed by atoms with van der Waals surface area (Å²) in [6.07, 6.45) is 2.17. The second-order valence-corrected chi connectivity index (χ2v) is 5.48. The molecular weight excluding hydrogens is 256 g/mol. The van der Waals surface area contributed by atoms with Crippen LogP contribution in [0.4, 0.5) is 5.69 Å². The number of carboxylic acid groups (broad SMARTS) is 1. The minimum atomic E-state index is -1.15. The van der Waals surface area contributed by atoms with Crippen molar-refractivity contribution < 1.29 is 14.6 Å². The summed E-state index contributed by atoms with van der Waals surface area (Å²) in [4.78, 5) is 13.2. The van der Waals surface area contributed by atoms with E-state index in [0.717, 1.165) is 44.0 Å². The summed E-state index contributed by atoms with van der Waals surface area (Å²) in [6.45, 7) is 4.00. The summed E-state index contributed by atoms with van der Waals surface area (Å²) in [5.74, 6) is -0.0455. The Balaban J connectivity index is 1.98. The number of nitrogens with two attached hydrogens (primary N) is 1. The van der Waals surface area contributed by atoms with Gasteiger partial charge in [-0.3, -0.25) is 4.79 Å². The Kier molecular flexibility index (Phi) is 4.49. The number of carbonyl (C=O) groups is 1. The molecule has 0 aromatic heterocycles. The Labute approximate surface area is 119 Å². The van der Waals surface area contributed by atoms with E-state index in [1.165, 1.54) is 0 Å². The van der Waals surface area contributed by atoms with E-state index in [1.807, 2.05) is 24.3 Å². The van der Waals surface area contributed by atoms with Gasteiger partial charge >= 0.3 is 5.97 Å². The zero-order valence-corrected chi connectivity index (χ0v) is 11.8. The number of aliphatic carboxylic acids is 1. The van der Waals surface area contributed by atoms with Crippen LogP contribution in [0, 0.1) is 0 Å². The quantitative estimate of drug-likeness (QED) is 0.859. The molecule has 1 aliphatic heterocycles. The molecule has 0 aliphatic carbocycles. The third-order valence-corrected chi connectivity index (χ3v) is 3.65. The van der Waals surface area contributed by atoms with Crippen LogP contribution in [0.5, 0.6) is 5.75 Å². The van der Waals surface area contributed by atoms with Crippen LogP contribution in [0.2, 0.25) is 0 Å². The van der Waals surface area contributed by atoms with Gasteiger partial charge in [-0.1, -0.05) is 12.1 Å². The molecule has 0 fully saturated rings. The molecule has 5 nitrogen and oxygen atoms in total. The standard InChI is InChI=1S/C15H22N2O3/c1-15(16,14(18)19)8-4-9-17-10-5-11-20-13-7-3-2-6-12(13)17/h2-3,6-7H,4-5,8-11,16H2,1H3,(H,18,19). The van der Waals surface area contributed by atoms with Crippen molar-refractivity contribution >= 4 is 11.7 Å². The first kappa shape index (κ1) is 14.7. The van der Waals surface area contributed by atoms with Gasteiger partial charge in [0.25, 0.3) is 0 Å². The van der Waals surface area contributed by atoms with Gasteiger partial charge in [0.1, 0.15) is 11.3 Å². The molecule has 0 spiro atoms. The van der Waals surface area contributed by atoms with Gasteiger partial charge in [-0.15, -0.1) is 0 Å². The summed E-state index contributed by atoms with van der Waals surface area (Å²) in [7, 11) is 0. The van der Waals surface area contributed by atoms with Crippen molar-refractivity contribution in [1.82, 2.24) is 0 Å². The highest BCUT2D eigenvalue weighted by Crippen LogP contribution is 2.30. The minimum Gasteiger partial charge on any atom is -0.491 e. The maximum atomic E-state index is 11.0. The first-order valence-electron chi connectivity index (χ1n) is 7.00. The number of hydrogen-bond donors (Lipinski definition) is 2. The average molecular weight is 278 g/mol. The normalized spacial score (nSPS) is 17.6. The fourth-order valence-electron chi connectivity index (χ4n) is 2.37. The molecule has 1 heterocycles. The van der Waals surface area contributed by atoms with E-state index in [4.69, 9.17) is 15.6 Å². The maximum absolute atomic E-state index is 11.0. The average Bonchev–Trinajstić information content (AvgIpc) is 2.61. The molecule has 110 valence electrons. The van der Waals surface area contributed by atoms with Gasteiger partial charge in [-0.2, -0.15) is 0 Å². The lowest BCUT2D eigenvalue weighted by atomic mass is 9.97. The van der Waals surface area contributed by atoms with Gasteiger partial charge in [-0.05, 0) is 38.3 Å². The number of ether oxygens (including phenoxy) is 1. The zero-order chi connectivity index (χ0) is 14.6. The third kappa shape index (κ3) is 3.42. The summed E-state index contributed by atoms with van der Waals surface area (Å²) in [6, 6.07) is 7.96. The number of rotatable bonds is 5. The number of para-hydroxylation sites is 2. The molecule has 0 amide bonds. The second-order valence-electron chi connectivity index (χ2n) is 5.48. The molecular formula is C15H22N2O3. The first-order chi connectivity index (χ1) is 9.50. The van der Waals surface area contributed by atoms with E-state index in [0.29, 0.717) is 6.42 Å². The minimum absolute atomic E-state index is 0.460. The van der Waals surface area contributed by atoms with Crippen LogP contribution in [-0.4, -0.2) is 36.3 Å². The van der Waals surface area contributed by atoms with Gasteiger partial charge in [0.2, 0.25) is 0 Å². The number of carboxylic acids is 1. The SMILES string of the molecule is CC(N)(CCCN1CCCOc2ccccc21)C(=O)O. The molecule has 0 saturated carbocycles. The van der Waals surface area contributed by atoms with Crippen LogP contribution in [-0.2, 0) is 4.79 Å². The molecule has 0 saturated heterocycles. The number of fused-ring (bicyclic) bond motifs is 1. The molecule has 1 aromatic rings. The molecule has 1 aromatic carbocycles. The molecule has 5 heteroatoms. The monoisotopic (exact) mass is 278 g/mol. The van der Waals surface area contributed by atoms with Crippen LogP contribution < -0.4 is 15.4 Å². The molecule has 1 aliphatic rings. The second kappa shape index (κ2) is 6.13. The Morgan fingerprint density at radius 3 is 3.00 bits per heavy atom. The number of benzene rings is 1. The topological polar surface area (TPSA) is 75.8 Å². The predicted molar refractivity (Wildman–Crippen MR) is 78.2 cm³/mol. The van der Waals surface area contributed by atoms with Crippen LogP contribution in [0.15, 0.2) is 24.3 Å². The van der Waals surface area contributed by atoms with Crippen molar-refractivity contribution in [2.45, 2.75) is 31.7 Å². The lowest BCUT2D eigenvalue weighted by Gasteiger charge is -2.26. The summed E-state index contributed by atoms with van der Waals surface area (Å²) in [5, 5.41) is 9.02. The molecule has 0 bridgehead atoms. The molecule has 20 heavy (non-hydrogen) atoms. The van der Waals surface area contributed by atoms with E-state index >= 15 is 0 Å². The van der Waals surface area contributed by atoms with Crippen molar-refractivity contribution in [3.63, 3.8) is 0 Å².